The molecule has 34 heavy (non-hydrogen) atoms. The highest BCUT2D eigenvalue weighted by Crippen LogP contribution is 2.63. The maximum Gasteiger partial charge on any atom is 0.395 e. The lowest BCUT2D eigenvalue weighted by Crippen LogP contribution is -2.73. The van der Waals surface area contributed by atoms with E-state index in [9.17, 15) is 84.5 Å². The summed E-state index contributed by atoms with van der Waals surface area (Å²) in [5.74, 6) is -59.9. The van der Waals surface area contributed by atoms with Crippen LogP contribution in [-0.4, -0.2) is 53.6 Å². The van der Waals surface area contributed by atoms with Gasteiger partial charge in [-0.1, -0.05) is 18.2 Å². The van der Waals surface area contributed by atoms with Crippen molar-refractivity contribution in [2.24, 2.45) is 0 Å². The molecular weight excluding hydrogens is 535 g/mol. The largest absolute Gasteiger partial charge is 0.545 e. The summed E-state index contributed by atoms with van der Waals surface area (Å²) in [6.45, 7) is 0.867. The van der Waals surface area contributed by atoms with Crippen LogP contribution >= 0.6 is 0 Å². The van der Waals surface area contributed by atoms with Gasteiger partial charge in [-0.05, 0) is 6.92 Å². The molecule has 0 unspecified atom stereocenters. The molecule has 200 valence electrons. The van der Waals surface area contributed by atoms with Crippen molar-refractivity contribution >= 4 is 5.97 Å². The Morgan fingerprint density at radius 3 is 1.32 bits per heavy atom. The number of carbonyl (C=O) groups excluding carboxylic acids is 1. The lowest BCUT2D eigenvalue weighted by atomic mass is 9.86. The fraction of sp³-hybridized carbons (Fsp3) is 0.667. The van der Waals surface area contributed by atoms with E-state index in [4.69, 9.17) is 0 Å². The van der Waals surface area contributed by atoms with Crippen LogP contribution in [0.4, 0.5) is 74.6 Å². The second-order valence-electron chi connectivity index (χ2n) is 6.34. The predicted octanol–water partition coefficient (Wildman–Crippen LogP) is 5.64. The van der Waals surface area contributed by atoms with Crippen LogP contribution in [0.25, 0.3) is 0 Å². The second kappa shape index (κ2) is 8.76. The van der Waals surface area contributed by atoms with Crippen LogP contribution in [0.3, 0.4) is 0 Å². The van der Waals surface area contributed by atoms with E-state index in [1.54, 1.807) is 0 Å². The molecule has 0 aliphatic carbocycles. The Kier molecular flexibility index (Phi) is 8.18. The summed E-state index contributed by atoms with van der Waals surface area (Å²) in [6.07, 6.45) is -10.9. The molecule has 0 saturated heterocycles. The van der Waals surface area contributed by atoms with Gasteiger partial charge in [0.15, 0.2) is 0 Å². The number of carboxylic acids is 1. The molecule has 0 bridgehead atoms. The molecule has 0 fully saturated rings. The summed E-state index contributed by atoms with van der Waals surface area (Å²) >= 11 is 0. The molecule has 0 radical (unpaired) electrons. The number of halogens is 17. The Morgan fingerprint density at radius 2 is 1.00 bits per heavy atom. The van der Waals surface area contributed by atoms with E-state index in [2.05, 4.69) is 0 Å². The maximum atomic E-state index is 13.8. The zero-order valence-electron chi connectivity index (χ0n) is 15.7. The first-order valence-corrected chi connectivity index (χ1v) is 7.86. The van der Waals surface area contributed by atoms with Crippen molar-refractivity contribution < 1.29 is 84.5 Å². The first kappa shape index (κ1) is 31.8. The fourth-order valence-electron chi connectivity index (χ4n) is 2.04. The van der Waals surface area contributed by atoms with E-state index in [1.807, 2.05) is 0 Å². The molecule has 0 spiro atoms. The molecule has 0 aromatic carbocycles. The first-order chi connectivity index (χ1) is 14.6. The number of aliphatic carboxylic acids is 1. The second-order valence-corrected chi connectivity index (χ2v) is 6.34. The zero-order valence-corrected chi connectivity index (χ0v) is 15.7. The Labute approximate surface area is 176 Å². The van der Waals surface area contributed by atoms with E-state index in [0.717, 1.165) is 6.92 Å². The van der Waals surface area contributed by atoms with Crippen LogP contribution in [0.1, 0.15) is 13.3 Å². The number of alkyl halides is 17. The Morgan fingerprint density at radius 1 is 0.647 bits per heavy atom. The third-order valence-corrected chi connectivity index (χ3v) is 3.87. The van der Waals surface area contributed by atoms with Gasteiger partial charge in [-0.25, -0.2) is 0 Å². The van der Waals surface area contributed by atoms with Gasteiger partial charge in [0.2, 0.25) is 0 Å². The van der Waals surface area contributed by atoms with Crippen molar-refractivity contribution in [2.45, 2.75) is 61.0 Å². The van der Waals surface area contributed by atoms with E-state index in [-0.39, 0.29) is 6.08 Å². The molecule has 0 amide bonds. The van der Waals surface area contributed by atoms with Crippen LogP contribution in [-0.2, 0) is 4.79 Å². The van der Waals surface area contributed by atoms with Crippen LogP contribution < -0.4 is 5.11 Å². The van der Waals surface area contributed by atoms with Gasteiger partial charge in [0.25, 0.3) is 0 Å². The van der Waals surface area contributed by atoms with Gasteiger partial charge in [0.05, 0.1) is 11.5 Å². The molecule has 19 heteroatoms. The quantitative estimate of drug-likeness (QED) is 0.204. The number of allylic oxidation sites excluding steroid dienone is 3. The van der Waals surface area contributed by atoms with E-state index in [1.165, 1.54) is 0 Å². The summed E-state index contributed by atoms with van der Waals surface area (Å²) in [6, 6.07) is 0. The topological polar surface area (TPSA) is 40.1 Å². The monoisotopic (exact) mass is 543 g/mol. The molecule has 0 aliphatic heterocycles. The van der Waals surface area contributed by atoms with Gasteiger partial charge in [0.1, 0.15) is 6.42 Å². The van der Waals surface area contributed by atoms with Gasteiger partial charge < -0.3 is 9.90 Å². The number of hydrogen-bond donors (Lipinski definition) is 0. The molecule has 0 saturated carbocycles. The number of carbonyl (C=O) groups is 1. The minimum absolute atomic E-state index is 0.0891. The molecular formula is C15H8F17O2-. The summed E-state index contributed by atoms with van der Waals surface area (Å²) < 4.78 is 225. The predicted molar refractivity (Wildman–Crippen MR) is 73.2 cm³/mol. The van der Waals surface area contributed by atoms with Gasteiger partial charge in [-0.2, -0.15) is 74.6 Å². The smallest absolute Gasteiger partial charge is 0.395 e. The molecule has 0 aliphatic rings. The summed E-state index contributed by atoms with van der Waals surface area (Å²) in [5, 5.41) is 10.6. The van der Waals surface area contributed by atoms with Crippen molar-refractivity contribution in [2.75, 3.05) is 0 Å². The molecule has 0 N–H and O–H groups in total. The van der Waals surface area contributed by atoms with Gasteiger partial charge in [-0.3, -0.25) is 0 Å². The van der Waals surface area contributed by atoms with E-state index in [0.29, 0.717) is 6.08 Å². The average molecular weight is 543 g/mol. The van der Waals surface area contributed by atoms with Crippen molar-refractivity contribution in [3.63, 3.8) is 0 Å². The molecule has 2 nitrogen and oxygen atoms in total. The molecule has 0 atom stereocenters. The molecule has 0 heterocycles. The summed E-state index contributed by atoms with van der Waals surface area (Å²) in [4.78, 5) is 10.6. The lowest BCUT2D eigenvalue weighted by Gasteiger charge is -2.43. The standard InChI is InChI=1S/C15H9F17O2/c1-2-3-4-6(7(33)34)10(21,22)12(25,26)14(29,30)15(31,32)13(27,28)11(23,24)8(16,17)5-9(18,19)20/h2-4H,5H2,1H3,(H,33,34)/p-1. The van der Waals surface area contributed by atoms with Crippen LogP contribution in [0.2, 0.25) is 0 Å². The zero-order chi connectivity index (χ0) is 28.0. The third-order valence-electron chi connectivity index (χ3n) is 3.87. The highest BCUT2D eigenvalue weighted by Gasteiger charge is 2.93. The Bertz CT molecular complexity index is 819. The van der Waals surface area contributed by atoms with Crippen molar-refractivity contribution in [3.8, 4) is 0 Å². The molecule has 0 aromatic heterocycles. The number of carboxylic acid groups (broad SMARTS) is 1. The van der Waals surface area contributed by atoms with Gasteiger partial charge >= 0.3 is 47.6 Å². The number of hydrogen-bond acceptors (Lipinski definition) is 2. The third kappa shape index (κ3) is 4.78. The Hall–Kier alpha value is -2.24. The normalized spacial score (nSPS) is 16.4. The van der Waals surface area contributed by atoms with Crippen molar-refractivity contribution in [1.82, 2.24) is 0 Å². The van der Waals surface area contributed by atoms with Crippen molar-refractivity contribution in [1.29, 1.82) is 0 Å². The van der Waals surface area contributed by atoms with Gasteiger partial charge in [-0.15, -0.1) is 0 Å². The van der Waals surface area contributed by atoms with E-state index >= 15 is 0 Å². The van der Waals surface area contributed by atoms with Gasteiger partial charge in [0, 0.05) is 0 Å². The average Bonchev–Trinajstić information content (AvgIpc) is 2.58. The maximum absolute atomic E-state index is 13.8. The molecule has 0 aromatic rings. The highest BCUT2D eigenvalue weighted by atomic mass is 19.4. The minimum Gasteiger partial charge on any atom is -0.545 e. The molecule has 0 rings (SSSR count). The summed E-state index contributed by atoms with van der Waals surface area (Å²) in [5.41, 5.74) is -3.27. The van der Waals surface area contributed by atoms with E-state index < -0.39 is 71.7 Å². The highest BCUT2D eigenvalue weighted by molar-refractivity contribution is 5.87. The van der Waals surface area contributed by atoms with Crippen molar-refractivity contribution in [3.05, 3.63) is 23.8 Å². The SMILES string of the molecule is CC=CC=C(C(=O)[O-])C(F)(F)C(F)(F)C(F)(F)C(F)(F)C(F)(F)C(F)(F)C(F)(F)CC(F)(F)F. The lowest BCUT2D eigenvalue weighted by molar-refractivity contribution is -0.442. The fourth-order valence-corrected chi connectivity index (χ4v) is 2.04. The first-order valence-electron chi connectivity index (χ1n) is 7.86. The van der Waals surface area contributed by atoms with Crippen LogP contribution in [0.5, 0.6) is 0 Å². The van der Waals surface area contributed by atoms with Crippen LogP contribution in [0, 0.1) is 0 Å². The number of rotatable bonds is 10. The minimum atomic E-state index is -8.64. The summed E-state index contributed by atoms with van der Waals surface area (Å²) in [7, 11) is 0. The van der Waals surface area contributed by atoms with Crippen LogP contribution in [0.15, 0.2) is 23.8 Å². The Balaban J connectivity index is 6.94.